The summed E-state index contributed by atoms with van der Waals surface area (Å²) in [4.78, 5) is 23.4. The van der Waals surface area contributed by atoms with Crippen LogP contribution in [0.1, 0.15) is 29.0 Å². The molecule has 0 radical (unpaired) electrons. The van der Waals surface area contributed by atoms with Crippen LogP contribution < -0.4 is 4.72 Å². The number of nitrogens with zero attached hydrogens (tertiary/aromatic N) is 1. The second-order valence-corrected chi connectivity index (χ2v) is 6.69. The predicted molar refractivity (Wildman–Crippen MR) is 76.1 cm³/mol. The Morgan fingerprint density at radius 3 is 2.50 bits per heavy atom. The molecule has 2 rings (SSSR count). The third-order valence-corrected chi connectivity index (χ3v) is 5.14. The molecule has 0 atom stereocenters. The van der Waals surface area contributed by atoms with E-state index in [0.29, 0.717) is 18.6 Å². The van der Waals surface area contributed by atoms with Crippen LogP contribution in [0.2, 0.25) is 0 Å². The number of carbonyl (C=O) groups excluding carboxylic acids is 2. The molecule has 0 spiro atoms. The van der Waals surface area contributed by atoms with E-state index in [2.05, 4.69) is 4.74 Å². The van der Waals surface area contributed by atoms with Gasteiger partial charge in [0.15, 0.2) is 0 Å². The lowest BCUT2D eigenvalue weighted by Crippen LogP contribution is -2.47. The highest BCUT2D eigenvalue weighted by molar-refractivity contribution is 7.87. The maximum Gasteiger partial charge on any atom is 0.308 e. The van der Waals surface area contributed by atoms with Crippen molar-refractivity contribution in [3.8, 4) is 0 Å². The van der Waals surface area contributed by atoms with E-state index in [-0.39, 0.29) is 30.5 Å². The SMILES string of the molecule is COC(=O)C1CCN(S(=O)(=O)NC(=O)c2ccoc2C)CC1. The summed E-state index contributed by atoms with van der Waals surface area (Å²) in [5, 5.41) is 0. The first-order chi connectivity index (χ1) is 10.3. The second kappa shape index (κ2) is 6.49. The van der Waals surface area contributed by atoms with Crippen LogP contribution in [0.3, 0.4) is 0 Å². The summed E-state index contributed by atoms with van der Waals surface area (Å²) < 4.78 is 37.2. The van der Waals surface area contributed by atoms with Crippen LogP contribution in [-0.2, 0) is 19.7 Å². The van der Waals surface area contributed by atoms with Gasteiger partial charge in [-0.2, -0.15) is 12.7 Å². The zero-order valence-corrected chi connectivity index (χ0v) is 13.2. The van der Waals surface area contributed by atoms with Crippen LogP contribution in [0.5, 0.6) is 0 Å². The van der Waals surface area contributed by atoms with Crippen molar-refractivity contribution in [1.29, 1.82) is 0 Å². The van der Waals surface area contributed by atoms with E-state index in [1.807, 2.05) is 4.72 Å². The Hall–Kier alpha value is -1.87. The molecule has 8 nitrogen and oxygen atoms in total. The van der Waals surface area contributed by atoms with Gasteiger partial charge in [0.1, 0.15) is 5.76 Å². The maximum atomic E-state index is 12.2. The van der Waals surface area contributed by atoms with Crippen molar-refractivity contribution in [3.05, 3.63) is 23.7 Å². The summed E-state index contributed by atoms with van der Waals surface area (Å²) in [6.45, 7) is 1.89. The maximum absolute atomic E-state index is 12.2. The normalized spacial score (nSPS) is 17.2. The van der Waals surface area contributed by atoms with Gasteiger partial charge in [-0.25, -0.2) is 4.72 Å². The van der Waals surface area contributed by atoms with Crippen LogP contribution >= 0.6 is 0 Å². The van der Waals surface area contributed by atoms with Crippen LogP contribution in [0.15, 0.2) is 16.7 Å². The Balaban J connectivity index is 1.99. The quantitative estimate of drug-likeness (QED) is 0.803. The summed E-state index contributed by atoms with van der Waals surface area (Å²) in [5.41, 5.74) is 0.174. The Morgan fingerprint density at radius 1 is 1.36 bits per heavy atom. The van der Waals surface area contributed by atoms with E-state index >= 15 is 0 Å². The fourth-order valence-corrected chi connectivity index (χ4v) is 3.52. The minimum Gasteiger partial charge on any atom is -0.469 e. The lowest BCUT2D eigenvalue weighted by atomic mass is 9.99. The van der Waals surface area contributed by atoms with E-state index in [1.165, 1.54) is 19.4 Å². The molecule has 1 amide bonds. The van der Waals surface area contributed by atoms with Crippen molar-refractivity contribution in [2.75, 3.05) is 20.2 Å². The van der Waals surface area contributed by atoms with E-state index in [9.17, 15) is 18.0 Å². The topological polar surface area (TPSA) is 106 Å². The number of hydrogen-bond acceptors (Lipinski definition) is 6. The highest BCUT2D eigenvalue weighted by atomic mass is 32.2. The first-order valence-corrected chi connectivity index (χ1v) is 8.23. The molecule has 0 saturated carbocycles. The van der Waals surface area contributed by atoms with Gasteiger partial charge in [-0.15, -0.1) is 0 Å². The van der Waals surface area contributed by atoms with Crippen molar-refractivity contribution < 1.29 is 27.2 Å². The molecule has 1 saturated heterocycles. The molecule has 1 aromatic heterocycles. The number of rotatable bonds is 4. The van der Waals surface area contributed by atoms with Crippen LogP contribution in [0.4, 0.5) is 0 Å². The zero-order chi connectivity index (χ0) is 16.3. The van der Waals surface area contributed by atoms with E-state index in [4.69, 9.17) is 4.42 Å². The van der Waals surface area contributed by atoms with Gasteiger partial charge in [-0.05, 0) is 25.8 Å². The van der Waals surface area contributed by atoms with Crippen LogP contribution in [0, 0.1) is 12.8 Å². The van der Waals surface area contributed by atoms with Crippen LogP contribution in [0.25, 0.3) is 0 Å². The fraction of sp³-hybridized carbons (Fsp3) is 0.538. The molecule has 1 aliphatic rings. The second-order valence-electron chi connectivity index (χ2n) is 5.02. The summed E-state index contributed by atoms with van der Waals surface area (Å²) in [6.07, 6.45) is 2.05. The first kappa shape index (κ1) is 16.5. The van der Waals surface area contributed by atoms with Gasteiger partial charge in [0.2, 0.25) is 0 Å². The number of ether oxygens (including phenoxy) is 1. The fourth-order valence-electron chi connectivity index (χ4n) is 2.36. The molecule has 22 heavy (non-hydrogen) atoms. The molecule has 2 heterocycles. The Labute approximate surface area is 128 Å². The summed E-state index contributed by atoms with van der Waals surface area (Å²) >= 11 is 0. The highest BCUT2D eigenvalue weighted by Crippen LogP contribution is 2.20. The minimum absolute atomic E-state index is 0.159. The molecule has 0 bridgehead atoms. The number of amides is 1. The summed E-state index contributed by atoms with van der Waals surface area (Å²) in [5.74, 6) is -1.03. The molecule has 9 heteroatoms. The van der Waals surface area contributed by atoms with Gasteiger partial charge in [0.05, 0.1) is 24.9 Å². The van der Waals surface area contributed by atoms with Gasteiger partial charge < -0.3 is 9.15 Å². The lowest BCUT2D eigenvalue weighted by molar-refractivity contribution is -0.146. The van der Waals surface area contributed by atoms with Crippen molar-refractivity contribution in [1.82, 2.24) is 9.03 Å². The van der Waals surface area contributed by atoms with Gasteiger partial charge in [0.25, 0.3) is 5.91 Å². The van der Waals surface area contributed by atoms with Crippen molar-refractivity contribution >= 4 is 22.1 Å². The smallest absolute Gasteiger partial charge is 0.308 e. The molecule has 0 aliphatic carbocycles. The lowest BCUT2D eigenvalue weighted by Gasteiger charge is -2.29. The largest absolute Gasteiger partial charge is 0.469 e. The highest BCUT2D eigenvalue weighted by Gasteiger charge is 2.32. The molecule has 1 N–H and O–H groups in total. The molecule has 0 unspecified atom stereocenters. The van der Waals surface area contributed by atoms with Gasteiger partial charge in [-0.3, -0.25) is 9.59 Å². The Kier molecular flexibility index (Phi) is 4.87. The molecule has 1 fully saturated rings. The Bertz CT molecular complexity index is 658. The number of esters is 1. The number of aryl methyl sites for hydroxylation is 1. The van der Waals surface area contributed by atoms with Gasteiger partial charge in [-0.1, -0.05) is 0 Å². The van der Waals surface area contributed by atoms with Crippen molar-refractivity contribution in [2.24, 2.45) is 5.92 Å². The number of hydrogen-bond donors (Lipinski definition) is 1. The predicted octanol–water partition coefficient (Wildman–Crippen LogP) is 0.448. The number of carbonyl (C=O) groups is 2. The van der Waals surface area contributed by atoms with Gasteiger partial charge >= 0.3 is 16.2 Å². The van der Waals surface area contributed by atoms with E-state index < -0.39 is 16.1 Å². The number of nitrogens with one attached hydrogen (secondary N) is 1. The van der Waals surface area contributed by atoms with Gasteiger partial charge in [0, 0.05) is 13.1 Å². The summed E-state index contributed by atoms with van der Waals surface area (Å²) in [7, 11) is -2.64. The number of furan rings is 1. The third-order valence-electron chi connectivity index (χ3n) is 3.65. The average molecular weight is 330 g/mol. The van der Waals surface area contributed by atoms with Crippen LogP contribution in [-0.4, -0.2) is 44.8 Å². The van der Waals surface area contributed by atoms with Crippen molar-refractivity contribution in [3.63, 3.8) is 0 Å². The standard InChI is InChI=1S/C13H18N2O6S/c1-9-11(5-8-21-9)12(16)14-22(18,19)15-6-3-10(4-7-15)13(17)20-2/h5,8,10H,3-4,6-7H2,1-2H3,(H,14,16). The average Bonchev–Trinajstić information content (AvgIpc) is 2.92. The first-order valence-electron chi connectivity index (χ1n) is 6.79. The van der Waals surface area contributed by atoms with E-state index in [1.54, 1.807) is 6.92 Å². The summed E-state index contributed by atoms with van der Waals surface area (Å²) in [6, 6.07) is 1.41. The zero-order valence-electron chi connectivity index (χ0n) is 12.4. The molecular formula is C13H18N2O6S. The molecule has 1 aliphatic heterocycles. The molecule has 0 aromatic carbocycles. The van der Waals surface area contributed by atoms with E-state index in [0.717, 1.165) is 4.31 Å². The van der Waals surface area contributed by atoms with Crippen molar-refractivity contribution in [2.45, 2.75) is 19.8 Å². The number of methoxy groups -OCH3 is 1. The monoisotopic (exact) mass is 330 g/mol. The third kappa shape index (κ3) is 3.47. The molecule has 1 aromatic rings. The molecular weight excluding hydrogens is 312 g/mol. The molecule has 122 valence electrons. The minimum atomic E-state index is -3.94. The Morgan fingerprint density at radius 2 is 2.00 bits per heavy atom. The number of piperidine rings is 1.